The smallest absolute Gasteiger partial charge is 0.251 e. The highest BCUT2D eigenvalue weighted by Crippen LogP contribution is 2.36. The standard InChI is InChI=1S/C20H20F2N2O/c21-19(22)14-24-10-11-25-20-17(24)8-9-23-13-16(12-18(20)23)7-6-15-4-2-1-3-5-15/h1-5,12-13,17,19-20H,8-11,14H2/t17-,20-/m0/s1. The molecule has 130 valence electrons. The number of nitrogens with zero attached hydrogens (tertiary/aromatic N) is 2. The van der Waals surface area contributed by atoms with Gasteiger partial charge in [0.2, 0.25) is 0 Å². The van der Waals surface area contributed by atoms with Crippen LogP contribution < -0.4 is 0 Å². The molecule has 2 aromatic rings. The molecule has 0 radical (unpaired) electrons. The number of ether oxygens (including phenoxy) is 1. The molecule has 2 atom stereocenters. The van der Waals surface area contributed by atoms with Gasteiger partial charge in [0.25, 0.3) is 6.43 Å². The lowest BCUT2D eigenvalue weighted by molar-refractivity contribution is -0.100. The summed E-state index contributed by atoms with van der Waals surface area (Å²) in [6, 6.07) is 11.9. The maximum Gasteiger partial charge on any atom is 0.251 e. The second-order valence-electron chi connectivity index (χ2n) is 6.50. The normalized spacial score (nSPS) is 22.8. The Morgan fingerprint density at radius 1 is 1.12 bits per heavy atom. The lowest BCUT2D eigenvalue weighted by Gasteiger charge is -2.44. The van der Waals surface area contributed by atoms with Crippen LogP contribution in [-0.4, -0.2) is 41.6 Å². The first-order chi connectivity index (χ1) is 12.2. The Morgan fingerprint density at radius 2 is 1.92 bits per heavy atom. The molecule has 4 rings (SSSR count). The summed E-state index contributed by atoms with van der Waals surface area (Å²) in [6.07, 6.45) is 0.412. The van der Waals surface area contributed by atoms with Crippen molar-refractivity contribution >= 4 is 0 Å². The van der Waals surface area contributed by atoms with Crippen molar-refractivity contribution in [2.45, 2.75) is 31.5 Å². The first-order valence-electron chi connectivity index (χ1n) is 8.61. The largest absolute Gasteiger partial charge is 0.369 e. The first-order valence-corrected chi connectivity index (χ1v) is 8.61. The molecule has 0 amide bonds. The van der Waals surface area contributed by atoms with Crippen LogP contribution in [-0.2, 0) is 11.3 Å². The zero-order valence-electron chi connectivity index (χ0n) is 13.9. The highest BCUT2D eigenvalue weighted by atomic mass is 19.3. The monoisotopic (exact) mass is 342 g/mol. The SMILES string of the molecule is FC(F)CN1CCO[C@@H]2c3cc(C#Cc4ccccc4)cn3CC[C@@H]21. The van der Waals surface area contributed by atoms with E-state index in [1.54, 1.807) is 0 Å². The van der Waals surface area contributed by atoms with Gasteiger partial charge < -0.3 is 9.30 Å². The number of morpholine rings is 1. The van der Waals surface area contributed by atoms with Crippen LogP contribution in [0.5, 0.6) is 0 Å². The minimum absolute atomic E-state index is 0.0279. The van der Waals surface area contributed by atoms with Crippen molar-refractivity contribution in [2.24, 2.45) is 0 Å². The molecule has 1 fully saturated rings. The molecule has 0 unspecified atom stereocenters. The molecule has 25 heavy (non-hydrogen) atoms. The van der Waals surface area contributed by atoms with Gasteiger partial charge in [0, 0.05) is 42.1 Å². The number of rotatable bonds is 2. The van der Waals surface area contributed by atoms with Crippen LogP contribution in [0.4, 0.5) is 8.78 Å². The molecule has 0 saturated carbocycles. The molecule has 3 nitrogen and oxygen atoms in total. The molecule has 2 aliphatic heterocycles. The predicted octanol–water partition coefficient (Wildman–Crippen LogP) is 3.30. The average Bonchev–Trinajstić information content (AvgIpc) is 3.04. The second kappa shape index (κ2) is 6.99. The van der Waals surface area contributed by atoms with E-state index in [0.29, 0.717) is 13.2 Å². The Kier molecular flexibility index (Phi) is 4.56. The number of benzene rings is 1. The molecule has 0 N–H and O–H groups in total. The molecule has 3 heterocycles. The van der Waals surface area contributed by atoms with Crippen molar-refractivity contribution in [2.75, 3.05) is 19.7 Å². The van der Waals surface area contributed by atoms with E-state index < -0.39 is 6.43 Å². The number of hydrogen-bond acceptors (Lipinski definition) is 2. The molecule has 1 saturated heterocycles. The zero-order valence-corrected chi connectivity index (χ0v) is 13.9. The minimum atomic E-state index is -2.31. The fraction of sp³-hybridized carbons (Fsp3) is 0.400. The summed E-state index contributed by atoms with van der Waals surface area (Å²) in [4.78, 5) is 1.88. The van der Waals surface area contributed by atoms with E-state index in [-0.39, 0.29) is 18.7 Å². The lowest BCUT2D eigenvalue weighted by Crippen LogP contribution is -2.51. The zero-order chi connectivity index (χ0) is 17.2. The molecule has 2 aliphatic rings. The molecule has 0 bridgehead atoms. The molecule has 0 spiro atoms. The highest BCUT2D eigenvalue weighted by molar-refractivity contribution is 5.43. The summed E-state index contributed by atoms with van der Waals surface area (Å²) >= 11 is 0. The van der Waals surface area contributed by atoms with Crippen LogP contribution in [0.1, 0.15) is 29.3 Å². The summed E-state index contributed by atoms with van der Waals surface area (Å²) in [7, 11) is 0. The van der Waals surface area contributed by atoms with E-state index in [4.69, 9.17) is 4.74 Å². The topological polar surface area (TPSA) is 17.4 Å². The van der Waals surface area contributed by atoms with Crippen molar-refractivity contribution < 1.29 is 13.5 Å². The van der Waals surface area contributed by atoms with Crippen molar-refractivity contribution in [3.05, 3.63) is 59.4 Å². The van der Waals surface area contributed by atoms with Crippen LogP contribution >= 0.6 is 0 Å². The summed E-state index contributed by atoms with van der Waals surface area (Å²) in [5.74, 6) is 6.36. The Morgan fingerprint density at radius 3 is 2.72 bits per heavy atom. The van der Waals surface area contributed by atoms with Gasteiger partial charge in [0.15, 0.2) is 0 Å². The van der Waals surface area contributed by atoms with Crippen molar-refractivity contribution in [3.63, 3.8) is 0 Å². The van der Waals surface area contributed by atoms with Crippen molar-refractivity contribution in [1.82, 2.24) is 9.47 Å². The molecular formula is C20H20F2N2O. The first kappa shape index (κ1) is 16.3. The third-order valence-corrected chi connectivity index (χ3v) is 4.88. The highest BCUT2D eigenvalue weighted by Gasteiger charge is 2.38. The van der Waals surface area contributed by atoms with Crippen LogP contribution in [0.15, 0.2) is 42.6 Å². The number of alkyl halides is 2. The third kappa shape index (κ3) is 3.46. The number of aromatic nitrogens is 1. The van der Waals surface area contributed by atoms with Gasteiger partial charge in [-0.3, -0.25) is 4.90 Å². The summed E-state index contributed by atoms with van der Waals surface area (Å²) in [5.41, 5.74) is 2.96. The Labute approximate surface area is 146 Å². The van der Waals surface area contributed by atoms with E-state index in [0.717, 1.165) is 29.8 Å². The number of fused-ring (bicyclic) bond motifs is 3. The quantitative estimate of drug-likeness (QED) is 0.779. The fourth-order valence-electron chi connectivity index (χ4n) is 3.75. The van der Waals surface area contributed by atoms with Gasteiger partial charge in [0.1, 0.15) is 6.10 Å². The predicted molar refractivity (Wildman–Crippen MR) is 91.5 cm³/mol. The maximum atomic E-state index is 12.8. The van der Waals surface area contributed by atoms with Gasteiger partial charge in [-0.1, -0.05) is 30.0 Å². The number of hydrogen-bond donors (Lipinski definition) is 0. The Bertz CT molecular complexity index is 791. The third-order valence-electron chi connectivity index (χ3n) is 4.88. The number of halogens is 2. The van der Waals surface area contributed by atoms with Crippen molar-refractivity contribution in [3.8, 4) is 11.8 Å². The Hall–Kier alpha value is -2.16. The molecule has 0 aliphatic carbocycles. The summed E-state index contributed by atoms with van der Waals surface area (Å²) < 4.78 is 33.8. The molecule has 1 aromatic carbocycles. The van der Waals surface area contributed by atoms with E-state index >= 15 is 0 Å². The van der Waals surface area contributed by atoms with Gasteiger partial charge in [-0.2, -0.15) is 0 Å². The minimum Gasteiger partial charge on any atom is -0.369 e. The second-order valence-corrected chi connectivity index (χ2v) is 6.50. The van der Waals surface area contributed by atoms with Crippen LogP contribution in [0.2, 0.25) is 0 Å². The van der Waals surface area contributed by atoms with Gasteiger partial charge in [-0.15, -0.1) is 0 Å². The summed E-state index contributed by atoms with van der Waals surface area (Å²) in [6.45, 7) is 1.70. The number of aryl methyl sites for hydroxylation is 1. The van der Waals surface area contributed by atoms with Gasteiger partial charge in [-0.05, 0) is 24.6 Å². The molecule has 5 heteroatoms. The van der Waals surface area contributed by atoms with E-state index in [2.05, 4.69) is 16.4 Å². The van der Waals surface area contributed by atoms with Gasteiger partial charge in [0.05, 0.1) is 13.2 Å². The average molecular weight is 342 g/mol. The van der Waals surface area contributed by atoms with Crippen LogP contribution in [0.3, 0.4) is 0 Å². The maximum absolute atomic E-state index is 12.8. The lowest BCUT2D eigenvalue weighted by atomic mass is 9.97. The van der Waals surface area contributed by atoms with Crippen LogP contribution in [0, 0.1) is 11.8 Å². The van der Waals surface area contributed by atoms with Crippen molar-refractivity contribution in [1.29, 1.82) is 0 Å². The van der Waals surface area contributed by atoms with Crippen LogP contribution in [0.25, 0.3) is 0 Å². The fourth-order valence-corrected chi connectivity index (χ4v) is 3.75. The summed E-state index contributed by atoms with van der Waals surface area (Å²) in [5, 5.41) is 0. The molecular weight excluding hydrogens is 322 g/mol. The molecule has 1 aromatic heterocycles. The van der Waals surface area contributed by atoms with E-state index in [1.165, 1.54) is 0 Å². The van der Waals surface area contributed by atoms with Gasteiger partial charge in [-0.25, -0.2) is 8.78 Å². The Balaban J connectivity index is 1.57. The van der Waals surface area contributed by atoms with Gasteiger partial charge >= 0.3 is 0 Å². The van der Waals surface area contributed by atoms with E-state index in [1.807, 2.05) is 47.5 Å². The van der Waals surface area contributed by atoms with E-state index in [9.17, 15) is 8.78 Å².